The van der Waals surface area contributed by atoms with Crippen LogP contribution in [0.3, 0.4) is 0 Å². The molecule has 0 spiro atoms. The fraction of sp³-hybridized carbons (Fsp3) is 0.250. The van der Waals surface area contributed by atoms with Crippen molar-refractivity contribution in [1.82, 2.24) is 4.98 Å². The maximum atomic E-state index is 12.1. The van der Waals surface area contributed by atoms with E-state index in [4.69, 9.17) is 0 Å². The fourth-order valence-electron chi connectivity index (χ4n) is 1.82. The maximum absolute atomic E-state index is 12.1. The van der Waals surface area contributed by atoms with Crippen LogP contribution in [-0.4, -0.2) is 10.9 Å². The highest BCUT2D eigenvalue weighted by Gasteiger charge is 2.08. The smallest absolute Gasteiger partial charge is 0.256 e. The molecule has 20 heavy (non-hydrogen) atoms. The summed E-state index contributed by atoms with van der Waals surface area (Å²) in [6.45, 7) is 6.21. The van der Waals surface area contributed by atoms with Crippen molar-refractivity contribution in [3.8, 4) is 0 Å². The van der Waals surface area contributed by atoms with Gasteiger partial charge in [-0.25, -0.2) is 4.98 Å². The van der Waals surface area contributed by atoms with Crippen molar-refractivity contribution in [2.45, 2.75) is 26.7 Å². The van der Waals surface area contributed by atoms with Gasteiger partial charge in [-0.2, -0.15) is 0 Å². The van der Waals surface area contributed by atoms with Crippen LogP contribution in [0.15, 0.2) is 41.0 Å². The van der Waals surface area contributed by atoms with Gasteiger partial charge in [-0.05, 0) is 58.1 Å². The van der Waals surface area contributed by atoms with Gasteiger partial charge in [0.15, 0.2) is 0 Å². The Bertz CT molecular complexity index is 621. The molecule has 0 atom stereocenters. The molecule has 0 aliphatic carbocycles. The lowest BCUT2D eigenvalue weighted by atomic mass is 10.0. The molecule has 0 aliphatic heterocycles. The molecule has 1 aromatic carbocycles. The summed E-state index contributed by atoms with van der Waals surface area (Å²) in [5.74, 6) is 0.876. The molecule has 1 heterocycles. The van der Waals surface area contributed by atoms with Crippen LogP contribution < -0.4 is 5.32 Å². The first-order valence-electron chi connectivity index (χ1n) is 6.51. The zero-order chi connectivity index (χ0) is 14.7. The Balaban J connectivity index is 2.13. The van der Waals surface area contributed by atoms with Gasteiger partial charge in [0.25, 0.3) is 5.91 Å². The van der Waals surface area contributed by atoms with Crippen molar-refractivity contribution in [3.63, 3.8) is 0 Å². The maximum Gasteiger partial charge on any atom is 0.256 e. The van der Waals surface area contributed by atoms with Crippen LogP contribution in [0, 0.1) is 6.92 Å². The molecular formula is C16H17BrN2O. The third kappa shape index (κ3) is 3.45. The van der Waals surface area contributed by atoms with Crippen LogP contribution in [0.1, 0.15) is 41.3 Å². The van der Waals surface area contributed by atoms with Gasteiger partial charge in [0.2, 0.25) is 0 Å². The van der Waals surface area contributed by atoms with Gasteiger partial charge in [0, 0.05) is 16.2 Å². The number of nitrogens with one attached hydrogen (secondary N) is 1. The van der Waals surface area contributed by atoms with Crippen LogP contribution >= 0.6 is 15.9 Å². The normalized spacial score (nSPS) is 10.7. The molecule has 0 radical (unpaired) electrons. The van der Waals surface area contributed by atoms with Crippen molar-refractivity contribution < 1.29 is 4.79 Å². The molecule has 3 nitrogen and oxygen atoms in total. The lowest BCUT2D eigenvalue weighted by Gasteiger charge is -2.08. The van der Waals surface area contributed by atoms with E-state index in [1.165, 1.54) is 5.56 Å². The van der Waals surface area contributed by atoms with Crippen LogP contribution in [0.4, 0.5) is 5.82 Å². The SMILES string of the molecule is Cc1cc(NC(=O)c2ccc(C(C)C)cc2)ncc1Br. The van der Waals surface area contributed by atoms with E-state index in [0.717, 1.165) is 10.0 Å². The predicted octanol–water partition coefficient (Wildman–Crippen LogP) is 4.53. The molecule has 2 aromatic rings. The minimum absolute atomic E-state index is 0.144. The van der Waals surface area contributed by atoms with Gasteiger partial charge in [0.1, 0.15) is 5.82 Å². The highest BCUT2D eigenvalue weighted by Crippen LogP contribution is 2.18. The van der Waals surface area contributed by atoms with Gasteiger partial charge >= 0.3 is 0 Å². The quantitative estimate of drug-likeness (QED) is 0.897. The highest BCUT2D eigenvalue weighted by atomic mass is 79.9. The number of amides is 1. The largest absolute Gasteiger partial charge is 0.307 e. The highest BCUT2D eigenvalue weighted by molar-refractivity contribution is 9.10. The Hall–Kier alpha value is -1.68. The molecule has 0 saturated carbocycles. The van der Waals surface area contributed by atoms with E-state index >= 15 is 0 Å². The predicted molar refractivity (Wildman–Crippen MR) is 85.2 cm³/mol. The third-order valence-electron chi connectivity index (χ3n) is 3.13. The summed E-state index contributed by atoms with van der Waals surface area (Å²) in [6, 6.07) is 9.50. The molecule has 1 N–H and O–H groups in total. The number of aryl methyl sites for hydroxylation is 1. The van der Waals surface area contributed by atoms with Crippen molar-refractivity contribution in [3.05, 3.63) is 57.7 Å². The lowest BCUT2D eigenvalue weighted by molar-refractivity contribution is 0.102. The topological polar surface area (TPSA) is 42.0 Å². The average molecular weight is 333 g/mol. The van der Waals surface area contributed by atoms with E-state index < -0.39 is 0 Å². The van der Waals surface area contributed by atoms with Crippen LogP contribution in [-0.2, 0) is 0 Å². The monoisotopic (exact) mass is 332 g/mol. The zero-order valence-electron chi connectivity index (χ0n) is 11.8. The summed E-state index contributed by atoms with van der Waals surface area (Å²) in [5, 5.41) is 2.80. The first-order valence-corrected chi connectivity index (χ1v) is 7.30. The molecule has 0 aliphatic rings. The average Bonchev–Trinajstić information content (AvgIpc) is 2.43. The summed E-state index contributed by atoms with van der Waals surface area (Å²) in [7, 11) is 0. The Kier molecular flexibility index (Phi) is 4.55. The minimum Gasteiger partial charge on any atom is -0.307 e. The fourth-order valence-corrected chi connectivity index (χ4v) is 2.03. The summed E-state index contributed by atoms with van der Waals surface area (Å²) in [6.07, 6.45) is 1.69. The second-order valence-corrected chi connectivity index (χ2v) is 5.90. The van der Waals surface area contributed by atoms with Crippen LogP contribution in [0.25, 0.3) is 0 Å². The van der Waals surface area contributed by atoms with E-state index in [0.29, 0.717) is 17.3 Å². The number of benzene rings is 1. The lowest BCUT2D eigenvalue weighted by Crippen LogP contribution is -2.13. The number of aromatic nitrogens is 1. The number of carbonyl (C=O) groups excluding carboxylic acids is 1. The molecule has 0 bridgehead atoms. The number of nitrogens with zero attached hydrogens (tertiary/aromatic N) is 1. The molecular weight excluding hydrogens is 316 g/mol. The molecule has 0 unspecified atom stereocenters. The third-order valence-corrected chi connectivity index (χ3v) is 3.96. The Morgan fingerprint density at radius 2 is 1.90 bits per heavy atom. The van der Waals surface area contributed by atoms with Crippen LogP contribution in [0.2, 0.25) is 0 Å². The summed E-state index contributed by atoms with van der Waals surface area (Å²) >= 11 is 3.39. The first-order chi connectivity index (χ1) is 9.47. The minimum atomic E-state index is -0.144. The molecule has 2 rings (SSSR count). The van der Waals surface area contributed by atoms with Crippen molar-refractivity contribution in [2.24, 2.45) is 0 Å². The zero-order valence-corrected chi connectivity index (χ0v) is 13.4. The van der Waals surface area contributed by atoms with Crippen molar-refractivity contribution >= 4 is 27.7 Å². The molecule has 1 amide bonds. The summed E-state index contributed by atoms with van der Waals surface area (Å²) in [4.78, 5) is 16.3. The van der Waals surface area contributed by atoms with Crippen LogP contribution in [0.5, 0.6) is 0 Å². The number of halogens is 1. The second-order valence-electron chi connectivity index (χ2n) is 5.05. The van der Waals surface area contributed by atoms with Gasteiger partial charge in [-0.1, -0.05) is 26.0 Å². The van der Waals surface area contributed by atoms with E-state index in [1.54, 1.807) is 6.20 Å². The van der Waals surface area contributed by atoms with Crippen molar-refractivity contribution in [1.29, 1.82) is 0 Å². The van der Waals surface area contributed by atoms with Gasteiger partial charge < -0.3 is 5.32 Å². The Labute approximate surface area is 127 Å². The first kappa shape index (κ1) is 14.7. The van der Waals surface area contributed by atoms with Gasteiger partial charge in [-0.15, -0.1) is 0 Å². The Morgan fingerprint density at radius 1 is 1.25 bits per heavy atom. The molecule has 1 aromatic heterocycles. The van der Waals surface area contributed by atoms with E-state index in [-0.39, 0.29) is 5.91 Å². The summed E-state index contributed by atoms with van der Waals surface area (Å²) < 4.78 is 0.928. The van der Waals surface area contributed by atoms with E-state index in [1.807, 2.05) is 37.3 Å². The van der Waals surface area contributed by atoms with Crippen molar-refractivity contribution in [2.75, 3.05) is 5.32 Å². The number of carbonyl (C=O) groups is 1. The molecule has 4 heteroatoms. The standard InChI is InChI=1S/C16H17BrN2O/c1-10(2)12-4-6-13(7-5-12)16(20)19-15-8-11(3)14(17)9-18-15/h4-10H,1-3H3,(H,18,19,20). The van der Waals surface area contributed by atoms with Gasteiger partial charge in [0.05, 0.1) is 0 Å². The molecule has 0 saturated heterocycles. The van der Waals surface area contributed by atoms with E-state index in [9.17, 15) is 4.79 Å². The molecule has 104 valence electrons. The summed E-state index contributed by atoms with van der Waals surface area (Å²) in [5.41, 5.74) is 2.89. The number of hydrogen-bond acceptors (Lipinski definition) is 2. The van der Waals surface area contributed by atoms with E-state index in [2.05, 4.69) is 40.1 Å². The second kappa shape index (κ2) is 6.18. The number of pyridine rings is 1. The number of anilines is 1. The van der Waals surface area contributed by atoms with Gasteiger partial charge in [-0.3, -0.25) is 4.79 Å². The number of rotatable bonds is 3. The number of hydrogen-bond donors (Lipinski definition) is 1. The molecule has 0 fully saturated rings. The Morgan fingerprint density at radius 3 is 2.45 bits per heavy atom.